The quantitative estimate of drug-likeness (QED) is 0.795. The number of hydrogen-bond acceptors (Lipinski definition) is 4. The van der Waals surface area contributed by atoms with Crippen molar-refractivity contribution in [2.75, 3.05) is 24.6 Å². The second-order valence-corrected chi connectivity index (χ2v) is 7.92. The first-order chi connectivity index (χ1) is 13.1. The lowest BCUT2D eigenvalue weighted by atomic mass is 10.1. The highest BCUT2D eigenvalue weighted by Gasteiger charge is 2.27. The molecule has 1 aromatic carbocycles. The van der Waals surface area contributed by atoms with Gasteiger partial charge in [0.05, 0.1) is 0 Å². The fraction of sp³-hybridized carbons (Fsp3) is 0.500. The molecule has 1 amide bonds. The van der Waals surface area contributed by atoms with Crippen molar-refractivity contribution in [2.45, 2.75) is 44.6 Å². The van der Waals surface area contributed by atoms with Gasteiger partial charge in [-0.25, -0.2) is 0 Å². The number of halogens is 1. The number of ether oxygens (including phenoxy) is 1. The lowest BCUT2D eigenvalue weighted by molar-refractivity contribution is -0.123. The van der Waals surface area contributed by atoms with E-state index in [9.17, 15) is 4.79 Å². The van der Waals surface area contributed by atoms with Crippen LogP contribution in [0.3, 0.4) is 0 Å². The van der Waals surface area contributed by atoms with E-state index in [4.69, 9.17) is 16.3 Å². The van der Waals surface area contributed by atoms with Gasteiger partial charge < -0.3 is 15.0 Å². The number of rotatable bonds is 6. The zero-order valence-corrected chi connectivity index (χ0v) is 16.3. The Morgan fingerprint density at radius 1 is 1.30 bits per heavy atom. The molecule has 4 rings (SSSR count). The zero-order valence-electron chi connectivity index (χ0n) is 15.5. The van der Waals surface area contributed by atoms with E-state index < -0.39 is 0 Å². The number of carbonyl (C=O) groups excluding carboxylic acids is 1. The van der Waals surface area contributed by atoms with Gasteiger partial charge >= 0.3 is 0 Å². The molecule has 1 aromatic heterocycles. The van der Waals surface area contributed by atoms with E-state index in [2.05, 4.69) is 26.5 Å². The number of nitrogens with one attached hydrogen (secondary N) is 2. The number of aromatic nitrogens is 2. The summed E-state index contributed by atoms with van der Waals surface area (Å²) in [5.74, 6) is 2.32. The number of anilines is 1. The van der Waals surface area contributed by atoms with Crippen molar-refractivity contribution in [2.24, 2.45) is 0 Å². The normalized spacial score (nSPS) is 17.8. The molecule has 7 heteroatoms. The van der Waals surface area contributed by atoms with E-state index in [0.29, 0.717) is 16.7 Å². The summed E-state index contributed by atoms with van der Waals surface area (Å²) in [5.41, 5.74) is 2.18. The van der Waals surface area contributed by atoms with Crippen molar-refractivity contribution in [3.63, 3.8) is 0 Å². The number of benzene rings is 1. The molecule has 27 heavy (non-hydrogen) atoms. The van der Waals surface area contributed by atoms with Gasteiger partial charge in [0.15, 0.2) is 12.4 Å². The van der Waals surface area contributed by atoms with Crippen LogP contribution in [0.4, 0.5) is 5.82 Å². The maximum atomic E-state index is 12.2. The Labute approximate surface area is 164 Å². The molecule has 0 bridgehead atoms. The highest BCUT2D eigenvalue weighted by molar-refractivity contribution is 6.30. The number of H-pyrrole nitrogens is 1. The fourth-order valence-electron chi connectivity index (χ4n) is 3.53. The topological polar surface area (TPSA) is 70.2 Å². The number of nitrogens with zero attached hydrogens (tertiary/aromatic N) is 2. The summed E-state index contributed by atoms with van der Waals surface area (Å²) in [6.07, 6.45) is 4.37. The lowest BCUT2D eigenvalue weighted by Crippen LogP contribution is -2.46. The van der Waals surface area contributed by atoms with Gasteiger partial charge in [0.25, 0.3) is 5.91 Å². The van der Waals surface area contributed by atoms with Gasteiger partial charge in [-0.3, -0.25) is 9.89 Å². The molecule has 2 aliphatic rings. The highest BCUT2D eigenvalue weighted by atomic mass is 35.5. The van der Waals surface area contributed by atoms with Gasteiger partial charge in [0.1, 0.15) is 5.75 Å². The number of amides is 1. The number of piperidine rings is 1. The van der Waals surface area contributed by atoms with Crippen molar-refractivity contribution in [3.05, 3.63) is 40.5 Å². The van der Waals surface area contributed by atoms with Crippen LogP contribution in [-0.2, 0) is 4.79 Å². The number of aryl methyl sites for hydroxylation is 1. The third-order valence-corrected chi connectivity index (χ3v) is 5.52. The number of carbonyl (C=O) groups is 1. The van der Waals surface area contributed by atoms with Crippen molar-refractivity contribution in [3.8, 4) is 5.75 Å². The van der Waals surface area contributed by atoms with Crippen LogP contribution in [0.25, 0.3) is 0 Å². The van der Waals surface area contributed by atoms with Crippen LogP contribution in [0.5, 0.6) is 5.75 Å². The van der Waals surface area contributed by atoms with E-state index in [-0.39, 0.29) is 18.6 Å². The molecule has 0 radical (unpaired) electrons. The van der Waals surface area contributed by atoms with Crippen LogP contribution in [-0.4, -0.2) is 41.8 Å². The molecule has 0 spiro atoms. The summed E-state index contributed by atoms with van der Waals surface area (Å²) in [7, 11) is 0. The van der Waals surface area contributed by atoms with E-state index in [1.807, 2.05) is 13.0 Å². The van der Waals surface area contributed by atoms with Gasteiger partial charge in [-0.05, 0) is 56.4 Å². The second-order valence-electron chi connectivity index (χ2n) is 7.48. The second kappa shape index (κ2) is 7.80. The van der Waals surface area contributed by atoms with Crippen molar-refractivity contribution < 1.29 is 9.53 Å². The van der Waals surface area contributed by atoms with Crippen LogP contribution in [0.2, 0.25) is 5.02 Å². The first-order valence-electron chi connectivity index (χ1n) is 9.57. The Kier molecular flexibility index (Phi) is 5.25. The maximum absolute atomic E-state index is 12.2. The summed E-state index contributed by atoms with van der Waals surface area (Å²) < 4.78 is 5.62. The first-order valence-corrected chi connectivity index (χ1v) is 9.95. The molecule has 2 aromatic rings. The third-order valence-electron chi connectivity index (χ3n) is 5.28. The molecule has 1 saturated heterocycles. The Balaban J connectivity index is 1.21. The predicted octanol–water partition coefficient (Wildman–Crippen LogP) is 3.41. The van der Waals surface area contributed by atoms with Gasteiger partial charge in [-0.15, -0.1) is 0 Å². The van der Waals surface area contributed by atoms with Crippen LogP contribution in [0.1, 0.15) is 42.9 Å². The Morgan fingerprint density at radius 3 is 2.78 bits per heavy atom. The Bertz CT molecular complexity index is 810. The van der Waals surface area contributed by atoms with Gasteiger partial charge in [-0.1, -0.05) is 11.6 Å². The third kappa shape index (κ3) is 4.56. The molecule has 6 nitrogen and oxygen atoms in total. The largest absolute Gasteiger partial charge is 0.484 e. The summed E-state index contributed by atoms with van der Waals surface area (Å²) in [6.45, 7) is 3.74. The van der Waals surface area contributed by atoms with Crippen LogP contribution < -0.4 is 15.0 Å². The molecule has 0 atom stereocenters. The maximum Gasteiger partial charge on any atom is 0.258 e. The smallest absolute Gasteiger partial charge is 0.258 e. The predicted molar refractivity (Wildman–Crippen MR) is 106 cm³/mol. The van der Waals surface area contributed by atoms with Crippen molar-refractivity contribution in [1.29, 1.82) is 0 Å². The van der Waals surface area contributed by atoms with Gasteiger partial charge in [0, 0.05) is 41.8 Å². The molecule has 1 saturated carbocycles. The highest BCUT2D eigenvalue weighted by Crippen LogP contribution is 2.40. The minimum atomic E-state index is -0.0846. The van der Waals surface area contributed by atoms with Gasteiger partial charge in [0.2, 0.25) is 0 Å². The molecule has 144 valence electrons. The van der Waals surface area contributed by atoms with Gasteiger partial charge in [-0.2, -0.15) is 5.10 Å². The molecular formula is C20H25ClN4O2. The number of hydrogen-bond donors (Lipinski definition) is 2. The molecule has 0 unspecified atom stereocenters. The molecule has 2 heterocycles. The Hall–Kier alpha value is -2.21. The average Bonchev–Trinajstić information content (AvgIpc) is 3.39. The molecule has 2 N–H and O–H groups in total. The molecule has 2 fully saturated rings. The van der Waals surface area contributed by atoms with E-state index >= 15 is 0 Å². The molecule has 1 aliphatic carbocycles. The van der Waals surface area contributed by atoms with Crippen LogP contribution >= 0.6 is 11.6 Å². The fourth-order valence-corrected chi connectivity index (χ4v) is 3.76. The van der Waals surface area contributed by atoms with Crippen molar-refractivity contribution >= 4 is 23.3 Å². The minimum absolute atomic E-state index is 0.0206. The summed E-state index contributed by atoms with van der Waals surface area (Å²) in [5, 5.41) is 11.4. The van der Waals surface area contributed by atoms with E-state index in [0.717, 1.165) is 37.3 Å². The van der Waals surface area contributed by atoms with E-state index in [1.165, 1.54) is 18.5 Å². The summed E-state index contributed by atoms with van der Waals surface area (Å²) >= 11 is 5.94. The van der Waals surface area contributed by atoms with E-state index in [1.54, 1.807) is 12.1 Å². The first kappa shape index (κ1) is 18.2. The van der Waals surface area contributed by atoms with Crippen LogP contribution in [0.15, 0.2) is 24.3 Å². The van der Waals surface area contributed by atoms with Crippen LogP contribution in [0, 0.1) is 6.92 Å². The monoisotopic (exact) mass is 388 g/mol. The number of aromatic amines is 1. The minimum Gasteiger partial charge on any atom is -0.484 e. The lowest BCUT2D eigenvalue weighted by Gasteiger charge is -2.32. The van der Waals surface area contributed by atoms with Crippen molar-refractivity contribution in [1.82, 2.24) is 15.5 Å². The average molecular weight is 389 g/mol. The summed E-state index contributed by atoms with van der Waals surface area (Å²) in [4.78, 5) is 14.5. The molecular weight excluding hydrogens is 364 g/mol. The Morgan fingerprint density at radius 2 is 2.07 bits per heavy atom. The zero-order chi connectivity index (χ0) is 18.8. The standard InChI is InChI=1S/C20H25ClN4O2/c1-13-10-15(21)4-5-18(13)27-12-20(26)22-16-6-8-25(9-7-16)19-11-17(23-24-19)14-2-3-14/h4-5,10-11,14,16H,2-3,6-9,12H2,1H3,(H,22,26)(H,23,24). The summed E-state index contributed by atoms with van der Waals surface area (Å²) in [6, 6.07) is 7.75. The molecule has 1 aliphatic heterocycles. The SMILES string of the molecule is Cc1cc(Cl)ccc1OCC(=O)NC1CCN(c2cc(C3CC3)[nH]n2)CC1.